The predicted molar refractivity (Wildman–Crippen MR) is 207 cm³/mol. The fourth-order valence-electron chi connectivity index (χ4n) is 4.35. The molecule has 0 saturated heterocycles. The maximum Gasteiger partial charge on any atom is 0.328 e. The van der Waals surface area contributed by atoms with Gasteiger partial charge in [-0.3, -0.25) is 4.79 Å². The third kappa shape index (κ3) is 13.2. The lowest BCUT2D eigenvalue weighted by Gasteiger charge is -2.21. The molecule has 4 aromatic carbocycles. The highest BCUT2D eigenvalue weighted by atomic mass is 16.5. The monoisotopic (exact) mass is 628 g/mol. The van der Waals surface area contributed by atoms with Crippen LogP contribution >= 0.6 is 0 Å². The van der Waals surface area contributed by atoms with Crippen molar-refractivity contribution in [3.8, 4) is 0 Å². The zero-order valence-electron chi connectivity index (χ0n) is 27.7. The topological polar surface area (TPSA) is 26.3 Å². The van der Waals surface area contributed by atoms with Crippen LogP contribution in [0.2, 0.25) is 0 Å². The van der Waals surface area contributed by atoms with Crippen molar-refractivity contribution in [3.05, 3.63) is 229 Å². The molecule has 0 bridgehead atoms. The Hall–Kier alpha value is -5.99. The molecule has 0 unspecified atom stereocenters. The third-order valence-corrected chi connectivity index (χ3v) is 7.12. The van der Waals surface area contributed by atoms with Gasteiger partial charge in [0, 0.05) is 0 Å². The fraction of sp³-hybridized carbons (Fsp3) is 0.0652. The highest BCUT2D eigenvalue weighted by Gasteiger charge is 2.32. The Morgan fingerprint density at radius 3 is 1.52 bits per heavy atom. The molecule has 0 fully saturated rings. The van der Waals surface area contributed by atoms with Gasteiger partial charge in [0.15, 0.2) is 0 Å². The number of allylic oxidation sites excluding steroid dienone is 7. The SMILES string of the molecule is C=CC=CC(C=Cc1ccccc1)=Cc1ccccc1.C=COC(=O)C(C=CC(=C)CC)(C=Cc1ccccc1)C=Cc1ccccc1. The number of ether oxygens (including phenoxy) is 1. The fourth-order valence-corrected chi connectivity index (χ4v) is 4.35. The van der Waals surface area contributed by atoms with E-state index in [1.165, 1.54) is 11.1 Å². The Bertz CT molecular complexity index is 1700. The molecule has 0 aliphatic carbocycles. The number of esters is 1. The molecule has 0 spiro atoms. The summed E-state index contributed by atoms with van der Waals surface area (Å²) in [5.41, 5.74) is 5.35. The molecule has 2 heteroatoms. The molecule has 0 N–H and O–H groups in total. The summed E-state index contributed by atoms with van der Waals surface area (Å²) < 4.78 is 5.19. The lowest BCUT2D eigenvalue weighted by molar-refractivity contribution is -0.142. The van der Waals surface area contributed by atoms with Crippen LogP contribution in [0.15, 0.2) is 207 Å². The molecule has 0 heterocycles. The molecule has 48 heavy (non-hydrogen) atoms. The minimum atomic E-state index is -1.09. The molecule has 4 rings (SSSR count). The molecule has 4 aromatic rings. The highest BCUT2D eigenvalue weighted by molar-refractivity contribution is 5.87. The van der Waals surface area contributed by atoms with E-state index in [-0.39, 0.29) is 0 Å². The van der Waals surface area contributed by atoms with Crippen LogP contribution in [0.25, 0.3) is 24.3 Å². The van der Waals surface area contributed by atoms with Gasteiger partial charge in [-0.15, -0.1) is 0 Å². The van der Waals surface area contributed by atoms with Crippen molar-refractivity contribution in [2.45, 2.75) is 13.3 Å². The summed E-state index contributed by atoms with van der Waals surface area (Å²) in [5.74, 6) is -0.429. The van der Waals surface area contributed by atoms with Crippen LogP contribution in [0.1, 0.15) is 35.6 Å². The highest BCUT2D eigenvalue weighted by Crippen LogP contribution is 2.29. The number of rotatable bonds is 14. The van der Waals surface area contributed by atoms with E-state index in [9.17, 15) is 4.79 Å². The van der Waals surface area contributed by atoms with Gasteiger partial charge in [-0.2, -0.15) is 0 Å². The lowest BCUT2D eigenvalue weighted by atomic mass is 9.84. The summed E-state index contributed by atoms with van der Waals surface area (Å²) >= 11 is 0. The second-order valence-corrected chi connectivity index (χ2v) is 10.7. The van der Waals surface area contributed by atoms with Crippen LogP contribution in [0, 0.1) is 5.41 Å². The summed E-state index contributed by atoms with van der Waals surface area (Å²) in [6.45, 7) is 13.3. The molecule has 0 saturated carbocycles. The number of carbonyl (C=O) groups is 1. The van der Waals surface area contributed by atoms with Gasteiger partial charge in [0.2, 0.25) is 0 Å². The number of hydrogen-bond acceptors (Lipinski definition) is 2. The van der Waals surface area contributed by atoms with Crippen molar-refractivity contribution in [1.29, 1.82) is 0 Å². The first-order valence-electron chi connectivity index (χ1n) is 15.9. The Labute approximate surface area is 287 Å². The van der Waals surface area contributed by atoms with Gasteiger partial charge in [0.1, 0.15) is 5.41 Å². The number of benzene rings is 4. The normalized spacial score (nSPS) is 13.0. The maximum atomic E-state index is 12.9. The number of carbonyl (C=O) groups excluding carboxylic acids is 1. The Morgan fingerprint density at radius 2 is 1.08 bits per heavy atom. The van der Waals surface area contributed by atoms with Crippen LogP contribution in [-0.2, 0) is 9.53 Å². The molecule has 0 aromatic heterocycles. The molecule has 0 aliphatic rings. The molecular weight excluding hydrogens is 585 g/mol. The molecule has 0 radical (unpaired) electrons. The zero-order valence-corrected chi connectivity index (χ0v) is 27.7. The van der Waals surface area contributed by atoms with E-state index in [0.717, 1.165) is 35.0 Å². The molecular formula is C46H44O2. The van der Waals surface area contributed by atoms with Gasteiger partial charge < -0.3 is 4.74 Å². The van der Waals surface area contributed by atoms with Crippen molar-refractivity contribution in [2.24, 2.45) is 5.41 Å². The van der Waals surface area contributed by atoms with Crippen molar-refractivity contribution < 1.29 is 9.53 Å². The van der Waals surface area contributed by atoms with Gasteiger partial charge in [0.25, 0.3) is 0 Å². The maximum absolute atomic E-state index is 12.9. The van der Waals surface area contributed by atoms with E-state index in [4.69, 9.17) is 4.74 Å². The second kappa shape index (κ2) is 20.9. The average Bonchev–Trinajstić information content (AvgIpc) is 3.14. The van der Waals surface area contributed by atoms with Crippen LogP contribution in [-0.4, -0.2) is 5.97 Å². The summed E-state index contributed by atoms with van der Waals surface area (Å²) in [6, 6.07) is 40.3. The van der Waals surface area contributed by atoms with Gasteiger partial charge in [-0.25, -0.2) is 0 Å². The van der Waals surface area contributed by atoms with Crippen LogP contribution < -0.4 is 0 Å². The van der Waals surface area contributed by atoms with E-state index < -0.39 is 11.4 Å². The molecule has 0 amide bonds. The van der Waals surface area contributed by atoms with Crippen LogP contribution in [0.5, 0.6) is 0 Å². The molecule has 0 atom stereocenters. The molecule has 240 valence electrons. The van der Waals surface area contributed by atoms with E-state index in [2.05, 4.69) is 68.3 Å². The minimum Gasteiger partial charge on any atom is -0.434 e. The summed E-state index contributed by atoms with van der Waals surface area (Å²) in [5, 5.41) is 0. The Balaban J connectivity index is 0.000000275. The standard InChI is InChI=1S/C26H26O2.C20H18/c1-4-22(3)16-19-26(25(27)28-5-2,20-17-23-12-8-6-9-13-23)21-18-24-14-10-7-11-15-24;1-2-3-10-20(17-19-13-8-5-9-14-19)16-15-18-11-6-4-7-12-18/h5-21H,2-4H2,1H3;2-17H,1H2. The zero-order chi connectivity index (χ0) is 34.3. The third-order valence-electron chi connectivity index (χ3n) is 7.12. The lowest BCUT2D eigenvalue weighted by Crippen LogP contribution is -2.25. The van der Waals surface area contributed by atoms with Gasteiger partial charge in [-0.05, 0) is 40.3 Å². The van der Waals surface area contributed by atoms with Gasteiger partial charge in [-0.1, -0.05) is 220 Å². The van der Waals surface area contributed by atoms with Crippen molar-refractivity contribution in [1.82, 2.24) is 0 Å². The summed E-state index contributed by atoms with van der Waals surface area (Å²) in [7, 11) is 0. The summed E-state index contributed by atoms with van der Waals surface area (Å²) in [4.78, 5) is 12.9. The second-order valence-electron chi connectivity index (χ2n) is 10.7. The quantitative estimate of drug-likeness (QED) is 0.0789. The Morgan fingerprint density at radius 1 is 0.625 bits per heavy atom. The van der Waals surface area contributed by atoms with Crippen molar-refractivity contribution in [2.75, 3.05) is 0 Å². The van der Waals surface area contributed by atoms with E-state index in [1.54, 1.807) is 6.08 Å². The first-order chi connectivity index (χ1) is 23.5. The first-order valence-corrected chi connectivity index (χ1v) is 15.9. The van der Waals surface area contributed by atoms with E-state index >= 15 is 0 Å². The number of hydrogen-bond donors (Lipinski definition) is 0. The largest absolute Gasteiger partial charge is 0.434 e. The van der Waals surface area contributed by atoms with E-state index in [1.807, 2.05) is 147 Å². The van der Waals surface area contributed by atoms with Crippen LogP contribution in [0.3, 0.4) is 0 Å². The predicted octanol–water partition coefficient (Wildman–Crippen LogP) is 12.1. The minimum absolute atomic E-state index is 0.429. The molecule has 0 aliphatic heterocycles. The van der Waals surface area contributed by atoms with Gasteiger partial charge in [0.05, 0.1) is 6.26 Å². The van der Waals surface area contributed by atoms with Crippen molar-refractivity contribution >= 4 is 30.3 Å². The Kier molecular flexibility index (Phi) is 15.9. The van der Waals surface area contributed by atoms with Gasteiger partial charge >= 0.3 is 5.97 Å². The van der Waals surface area contributed by atoms with E-state index in [0.29, 0.717) is 0 Å². The van der Waals surface area contributed by atoms with Crippen LogP contribution in [0.4, 0.5) is 0 Å². The summed E-state index contributed by atoms with van der Waals surface area (Å²) in [6.07, 6.45) is 25.3. The average molecular weight is 629 g/mol. The van der Waals surface area contributed by atoms with Crippen molar-refractivity contribution in [3.63, 3.8) is 0 Å². The first kappa shape index (κ1) is 36.5. The molecule has 2 nitrogen and oxygen atoms in total. The smallest absolute Gasteiger partial charge is 0.328 e.